The van der Waals surface area contributed by atoms with Crippen LogP contribution in [0.5, 0.6) is 5.75 Å². The van der Waals surface area contributed by atoms with Gasteiger partial charge in [-0.1, -0.05) is 112 Å². The van der Waals surface area contributed by atoms with Gasteiger partial charge in [-0.3, -0.25) is 0 Å². The zero-order valence-electron chi connectivity index (χ0n) is 25.5. The molecule has 2 atom stereocenters. The second-order valence-electron chi connectivity index (χ2n) is 12.1. The Balaban J connectivity index is 1.50. The number of rotatable bonds is 11. The van der Waals surface area contributed by atoms with E-state index in [9.17, 15) is 15.3 Å². The molecule has 0 aliphatic carbocycles. The quantitative estimate of drug-likeness (QED) is 0.109. The first-order valence-electron chi connectivity index (χ1n) is 15.0. The van der Waals surface area contributed by atoms with Gasteiger partial charge in [-0.2, -0.15) is 0 Å². The van der Waals surface area contributed by atoms with Gasteiger partial charge in [-0.25, -0.2) is 0 Å². The number of aliphatic hydroxyl groups is 2. The zero-order valence-corrected chi connectivity index (χ0v) is 26.5. The highest BCUT2D eigenvalue weighted by molar-refractivity contribution is 6.99. The average molecular weight is 605 g/mol. The molecule has 1 aromatic heterocycles. The maximum atomic E-state index is 11.2. The summed E-state index contributed by atoms with van der Waals surface area (Å²) < 4.78 is 12.6. The summed E-state index contributed by atoms with van der Waals surface area (Å²) in [5.74, 6) is 0.659. The Hall–Kier alpha value is -4.16. The smallest absolute Gasteiger partial charge is 0.261 e. The lowest BCUT2D eigenvalue weighted by Gasteiger charge is -2.43. The van der Waals surface area contributed by atoms with E-state index in [1.54, 1.807) is 30.5 Å². The Bertz CT molecular complexity index is 1680. The predicted octanol–water partition coefficient (Wildman–Crippen LogP) is 7.34. The number of aromatic hydroxyl groups is 1. The molecule has 0 amide bonds. The number of hydrogen-bond acceptors (Lipinski definition) is 5. The molecule has 1 heterocycles. The highest BCUT2D eigenvalue weighted by Crippen LogP contribution is 2.37. The van der Waals surface area contributed by atoms with E-state index in [1.807, 2.05) is 42.5 Å². The van der Waals surface area contributed by atoms with Crippen molar-refractivity contribution in [2.75, 3.05) is 6.61 Å². The number of hydrogen-bond donors (Lipinski definition) is 3. The molecule has 0 bridgehead atoms. The summed E-state index contributed by atoms with van der Waals surface area (Å²) >= 11 is 0. The third-order valence-corrected chi connectivity index (χ3v) is 13.1. The first-order chi connectivity index (χ1) is 21.2. The zero-order chi connectivity index (χ0) is 31.2. The highest BCUT2D eigenvalue weighted by Gasteiger charge is 2.50. The number of phenols is 1. The molecule has 6 heteroatoms. The second kappa shape index (κ2) is 13.6. The van der Waals surface area contributed by atoms with Crippen molar-refractivity contribution in [3.8, 4) is 5.75 Å². The van der Waals surface area contributed by atoms with Crippen molar-refractivity contribution in [2.24, 2.45) is 0 Å². The van der Waals surface area contributed by atoms with Crippen LogP contribution in [0.4, 0.5) is 0 Å². The molecule has 0 fully saturated rings. The van der Waals surface area contributed by atoms with E-state index in [0.717, 1.165) is 16.5 Å². The van der Waals surface area contributed by atoms with Gasteiger partial charge in [0.05, 0.1) is 19.0 Å². The summed E-state index contributed by atoms with van der Waals surface area (Å²) in [7, 11) is -2.83. The van der Waals surface area contributed by atoms with Gasteiger partial charge in [-0.05, 0) is 56.2 Å². The fourth-order valence-electron chi connectivity index (χ4n) is 5.97. The monoisotopic (exact) mass is 604 g/mol. The largest absolute Gasteiger partial charge is 0.507 e. The van der Waals surface area contributed by atoms with Crippen LogP contribution < -0.4 is 10.4 Å². The predicted molar refractivity (Wildman–Crippen MR) is 179 cm³/mol. The summed E-state index contributed by atoms with van der Waals surface area (Å²) in [4.78, 5) is 0. The Kier molecular flexibility index (Phi) is 9.70. The third kappa shape index (κ3) is 6.65. The number of furan rings is 1. The molecule has 0 unspecified atom stereocenters. The van der Waals surface area contributed by atoms with Crippen LogP contribution in [0, 0.1) is 0 Å². The lowest BCUT2D eigenvalue weighted by atomic mass is 9.98. The highest BCUT2D eigenvalue weighted by atomic mass is 28.4. The van der Waals surface area contributed by atoms with Crippen molar-refractivity contribution in [3.05, 3.63) is 144 Å². The summed E-state index contributed by atoms with van der Waals surface area (Å²) in [6, 6.07) is 35.3. The van der Waals surface area contributed by atoms with Gasteiger partial charge in [0.15, 0.2) is 0 Å². The molecule has 3 N–H and O–H groups in total. The molecule has 5 aromatic rings. The Morgan fingerprint density at radius 3 is 2.00 bits per heavy atom. The maximum Gasteiger partial charge on any atom is 0.261 e. The first kappa shape index (κ1) is 31.3. The van der Waals surface area contributed by atoms with Crippen molar-refractivity contribution in [1.82, 2.24) is 0 Å². The van der Waals surface area contributed by atoms with Gasteiger partial charge in [0.2, 0.25) is 0 Å². The summed E-state index contributed by atoms with van der Waals surface area (Å²) in [5, 5.41) is 36.1. The van der Waals surface area contributed by atoms with E-state index < -0.39 is 20.5 Å². The van der Waals surface area contributed by atoms with Crippen LogP contribution in [0.3, 0.4) is 0 Å². The fraction of sp³-hybridized carbons (Fsp3) is 0.237. The minimum absolute atomic E-state index is 0.182. The first-order valence-corrected chi connectivity index (χ1v) is 16.9. The van der Waals surface area contributed by atoms with Crippen molar-refractivity contribution in [2.45, 2.75) is 50.9 Å². The molecule has 5 nitrogen and oxygen atoms in total. The van der Waals surface area contributed by atoms with E-state index in [0.29, 0.717) is 17.6 Å². The third-order valence-electron chi connectivity index (χ3n) is 8.13. The molecule has 226 valence electrons. The minimum Gasteiger partial charge on any atom is -0.507 e. The van der Waals surface area contributed by atoms with Crippen LogP contribution in [0.1, 0.15) is 57.1 Å². The summed E-state index contributed by atoms with van der Waals surface area (Å²) in [5.41, 5.74) is 4.88. The van der Waals surface area contributed by atoms with Crippen molar-refractivity contribution in [1.29, 1.82) is 0 Å². The lowest BCUT2D eigenvalue weighted by Crippen LogP contribution is -2.66. The summed E-state index contributed by atoms with van der Waals surface area (Å²) in [6.07, 6.45) is 2.26. The molecule has 5 rings (SSSR count). The minimum atomic E-state index is -2.83. The van der Waals surface area contributed by atoms with Crippen molar-refractivity contribution < 1.29 is 24.2 Å². The van der Waals surface area contributed by atoms with Crippen LogP contribution in [-0.4, -0.2) is 30.2 Å². The van der Waals surface area contributed by atoms with Gasteiger partial charge in [-0.15, -0.1) is 5.73 Å². The van der Waals surface area contributed by atoms with Gasteiger partial charge in [0.25, 0.3) is 8.32 Å². The van der Waals surface area contributed by atoms with Crippen LogP contribution in [-0.2, 0) is 4.43 Å². The standard InChI is InChI=1S/C38H40O5Si/c1-38(2,3)44(29-15-6-4-7-16-29,30-17-8-5-9-18-30)43-27-28(26-36(41)37-22-13-25-42-37)14-12-21-34(39)33-23-24-35(40)32-20-11-10-19-31(32)33/h4-13,15-20,22-25,34,36,39-41H,21,26-27H2,1-3H3/t14?,34-,36-/m1/s1. The van der Waals surface area contributed by atoms with E-state index in [-0.39, 0.29) is 23.8 Å². The van der Waals surface area contributed by atoms with E-state index in [1.165, 1.54) is 10.4 Å². The van der Waals surface area contributed by atoms with Gasteiger partial charge in [0.1, 0.15) is 17.6 Å². The molecule has 44 heavy (non-hydrogen) atoms. The number of phenolic OH excluding ortho intramolecular Hbond substituents is 1. The van der Waals surface area contributed by atoms with Crippen molar-refractivity contribution >= 4 is 29.5 Å². The van der Waals surface area contributed by atoms with Gasteiger partial charge in [0, 0.05) is 18.2 Å². The summed E-state index contributed by atoms with van der Waals surface area (Å²) in [6.45, 7) is 6.94. The lowest BCUT2D eigenvalue weighted by molar-refractivity contribution is 0.146. The molecular formula is C38H40O5Si. The number of benzene rings is 4. The Morgan fingerprint density at radius 2 is 1.41 bits per heavy atom. The normalized spacial score (nSPS) is 13.3. The Morgan fingerprint density at radius 1 is 0.795 bits per heavy atom. The van der Waals surface area contributed by atoms with Crippen LogP contribution in [0.2, 0.25) is 5.04 Å². The SMILES string of the molecule is CC(C)(C)[Si](OCC(=C=CC[C@@H](O)c1ccc(O)c2ccccc12)C[C@@H](O)c1ccco1)(c1ccccc1)c1ccccc1. The molecule has 0 aliphatic rings. The van der Waals surface area contributed by atoms with Crippen LogP contribution in [0.15, 0.2) is 137 Å². The fourth-order valence-corrected chi connectivity index (χ4v) is 10.5. The molecule has 0 saturated carbocycles. The van der Waals surface area contributed by atoms with Crippen LogP contribution >= 0.6 is 0 Å². The van der Waals surface area contributed by atoms with Gasteiger partial charge >= 0.3 is 0 Å². The molecular weight excluding hydrogens is 564 g/mol. The Labute approximate surface area is 260 Å². The maximum absolute atomic E-state index is 11.2. The van der Waals surface area contributed by atoms with E-state index >= 15 is 0 Å². The molecule has 0 radical (unpaired) electrons. The van der Waals surface area contributed by atoms with E-state index in [4.69, 9.17) is 8.84 Å². The topological polar surface area (TPSA) is 83.1 Å². The molecule has 0 aliphatic heterocycles. The average Bonchev–Trinajstić information content (AvgIpc) is 3.57. The van der Waals surface area contributed by atoms with Gasteiger partial charge < -0.3 is 24.2 Å². The number of aliphatic hydroxyl groups excluding tert-OH is 2. The van der Waals surface area contributed by atoms with Crippen LogP contribution in [0.25, 0.3) is 10.8 Å². The van der Waals surface area contributed by atoms with Crippen molar-refractivity contribution in [3.63, 3.8) is 0 Å². The second-order valence-corrected chi connectivity index (χ2v) is 16.4. The van der Waals surface area contributed by atoms with E-state index in [2.05, 4.69) is 75.0 Å². The number of fused-ring (bicyclic) bond motifs is 1. The molecule has 0 spiro atoms. The molecule has 4 aromatic carbocycles. The molecule has 0 saturated heterocycles.